The number of hydrogen-bond acceptors (Lipinski definition) is 4. The topological polar surface area (TPSA) is 67.9 Å². The molecule has 1 aliphatic rings. The maximum absolute atomic E-state index is 12.4. The molecule has 1 N–H and O–H groups in total. The molecule has 0 aliphatic carbocycles. The monoisotopic (exact) mass is 402 g/mol. The molecule has 0 saturated carbocycles. The zero-order valence-corrected chi connectivity index (χ0v) is 16.0. The van der Waals surface area contributed by atoms with Crippen LogP contribution in [0.3, 0.4) is 0 Å². The average molecular weight is 402 g/mol. The van der Waals surface area contributed by atoms with Crippen LogP contribution in [0.2, 0.25) is 0 Å². The van der Waals surface area contributed by atoms with Gasteiger partial charge in [-0.05, 0) is 43.9 Å². The highest BCUT2D eigenvalue weighted by Crippen LogP contribution is 2.28. The van der Waals surface area contributed by atoms with Gasteiger partial charge in [-0.1, -0.05) is 6.07 Å². The lowest BCUT2D eigenvalue weighted by Crippen LogP contribution is -2.50. The Balaban J connectivity index is 1.78. The Morgan fingerprint density at radius 2 is 1.89 bits per heavy atom. The number of methoxy groups -OCH3 is 1. The van der Waals surface area contributed by atoms with Gasteiger partial charge in [0.1, 0.15) is 0 Å². The Morgan fingerprint density at radius 1 is 1.21 bits per heavy atom. The molecule has 1 heterocycles. The van der Waals surface area contributed by atoms with Crippen LogP contribution in [0.4, 0.5) is 13.2 Å². The molecule has 1 fully saturated rings. The van der Waals surface area contributed by atoms with Crippen LogP contribution in [0.5, 0.6) is 11.5 Å². The number of piperidine rings is 1. The molecule has 0 unspecified atom stereocenters. The number of ether oxygens (including phenoxy) is 2. The molecular weight excluding hydrogens is 377 g/mol. The molecule has 2 amide bonds. The molecule has 6 nitrogen and oxygen atoms in total. The number of carbonyl (C=O) groups excluding carboxylic acids is 2. The number of rotatable bonds is 7. The van der Waals surface area contributed by atoms with Gasteiger partial charge in [0, 0.05) is 25.6 Å². The molecule has 0 atom stereocenters. The van der Waals surface area contributed by atoms with Crippen LogP contribution in [0, 0.1) is 0 Å². The number of nitrogens with zero attached hydrogens (tertiary/aromatic N) is 1. The molecule has 0 spiro atoms. The van der Waals surface area contributed by atoms with Crippen LogP contribution in [0.1, 0.15) is 31.7 Å². The highest BCUT2D eigenvalue weighted by Gasteiger charge is 2.43. The Bertz CT molecular complexity index is 686. The summed E-state index contributed by atoms with van der Waals surface area (Å²) in [4.78, 5) is 24.2. The summed E-state index contributed by atoms with van der Waals surface area (Å²) in [7, 11) is 1.55. The molecule has 28 heavy (non-hydrogen) atoms. The maximum Gasteiger partial charge on any atom is 0.471 e. The predicted octanol–water partition coefficient (Wildman–Crippen LogP) is 2.70. The van der Waals surface area contributed by atoms with E-state index >= 15 is 0 Å². The molecule has 1 aliphatic heterocycles. The van der Waals surface area contributed by atoms with Crippen molar-refractivity contribution in [1.82, 2.24) is 10.2 Å². The van der Waals surface area contributed by atoms with Gasteiger partial charge in [0.05, 0.1) is 13.7 Å². The van der Waals surface area contributed by atoms with Crippen LogP contribution in [-0.4, -0.2) is 55.7 Å². The van der Waals surface area contributed by atoms with E-state index in [1.165, 1.54) is 0 Å². The second-order valence-electron chi connectivity index (χ2n) is 6.55. The summed E-state index contributed by atoms with van der Waals surface area (Å²) in [6, 6.07) is 5.25. The maximum atomic E-state index is 12.4. The van der Waals surface area contributed by atoms with E-state index in [0.717, 1.165) is 10.5 Å². The van der Waals surface area contributed by atoms with Crippen LogP contribution < -0.4 is 14.8 Å². The average Bonchev–Trinajstić information content (AvgIpc) is 2.66. The van der Waals surface area contributed by atoms with Gasteiger partial charge in [-0.3, -0.25) is 9.59 Å². The first-order valence-corrected chi connectivity index (χ1v) is 9.19. The number of aryl methyl sites for hydroxylation is 1. The molecule has 156 valence electrons. The van der Waals surface area contributed by atoms with Crippen LogP contribution >= 0.6 is 0 Å². The summed E-state index contributed by atoms with van der Waals surface area (Å²) in [5, 5.41) is 2.83. The standard InChI is InChI=1S/C19H25F3N2O4/c1-3-28-15-6-4-13(12-16(15)27-2)5-7-17(25)23-14-8-10-24(11-9-14)18(26)19(20,21)22/h4,6,12,14H,3,5,7-11H2,1-2H3,(H,23,25). The minimum absolute atomic E-state index is 0.0145. The van der Waals surface area contributed by atoms with E-state index in [1.807, 2.05) is 19.1 Å². The van der Waals surface area contributed by atoms with E-state index in [9.17, 15) is 22.8 Å². The lowest BCUT2D eigenvalue weighted by atomic mass is 10.0. The Hall–Kier alpha value is -2.45. The molecule has 0 radical (unpaired) electrons. The third-order valence-electron chi connectivity index (χ3n) is 4.56. The zero-order chi connectivity index (χ0) is 20.7. The highest BCUT2D eigenvalue weighted by molar-refractivity contribution is 5.82. The van der Waals surface area contributed by atoms with Gasteiger partial charge in [-0.2, -0.15) is 13.2 Å². The number of carbonyl (C=O) groups is 2. The van der Waals surface area contributed by atoms with Gasteiger partial charge in [0.15, 0.2) is 11.5 Å². The van der Waals surface area contributed by atoms with Crippen LogP contribution in [0.15, 0.2) is 18.2 Å². The first-order chi connectivity index (χ1) is 13.2. The minimum Gasteiger partial charge on any atom is -0.493 e. The largest absolute Gasteiger partial charge is 0.493 e. The number of amides is 2. The fourth-order valence-corrected chi connectivity index (χ4v) is 3.11. The van der Waals surface area contributed by atoms with Crippen molar-refractivity contribution in [1.29, 1.82) is 0 Å². The molecule has 9 heteroatoms. The fourth-order valence-electron chi connectivity index (χ4n) is 3.11. The second-order valence-corrected chi connectivity index (χ2v) is 6.55. The van der Waals surface area contributed by atoms with Gasteiger partial charge in [0.25, 0.3) is 0 Å². The van der Waals surface area contributed by atoms with Crippen molar-refractivity contribution in [2.45, 2.75) is 44.8 Å². The van der Waals surface area contributed by atoms with E-state index in [4.69, 9.17) is 9.47 Å². The molecular formula is C19H25F3N2O4. The zero-order valence-electron chi connectivity index (χ0n) is 16.0. The van der Waals surface area contributed by atoms with Crippen molar-refractivity contribution in [3.8, 4) is 11.5 Å². The summed E-state index contributed by atoms with van der Waals surface area (Å²) in [5.41, 5.74) is 0.918. The first kappa shape index (κ1) is 21.8. The summed E-state index contributed by atoms with van der Waals surface area (Å²) in [6.07, 6.45) is -3.48. The molecule has 2 rings (SSSR count). The second kappa shape index (κ2) is 9.66. The normalized spacial score (nSPS) is 15.2. The highest BCUT2D eigenvalue weighted by atomic mass is 19.4. The van der Waals surface area contributed by atoms with Crippen molar-refractivity contribution in [3.05, 3.63) is 23.8 Å². The summed E-state index contributed by atoms with van der Waals surface area (Å²) < 4.78 is 48.1. The van der Waals surface area contributed by atoms with Gasteiger partial charge in [0.2, 0.25) is 5.91 Å². The van der Waals surface area contributed by atoms with Crippen molar-refractivity contribution in [3.63, 3.8) is 0 Å². The first-order valence-electron chi connectivity index (χ1n) is 9.19. The van der Waals surface area contributed by atoms with Gasteiger partial charge < -0.3 is 19.7 Å². The quantitative estimate of drug-likeness (QED) is 0.762. The number of halogens is 3. The van der Waals surface area contributed by atoms with Gasteiger partial charge >= 0.3 is 12.1 Å². The molecule has 1 saturated heterocycles. The third kappa shape index (κ3) is 6.03. The predicted molar refractivity (Wildman–Crippen MR) is 96.3 cm³/mol. The summed E-state index contributed by atoms with van der Waals surface area (Å²) >= 11 is 0. The lowest BCUT2D eigenvalue weighted by Gasteiger charge is -2.32. The summed E-state index contributed by atoms with van der Waals surface area (Å²) in [5.74, 6) is -0.755. The number of likely N-dealkylation sites (tertiary alicyclic amines) is 1. The van der Waals surface area contributed by atoms with Crippen molar-refractivity contribution in [2.75, 3.05) is 26.8 Å². The van der Waals surface area contributed by atoms with Gasteiger partial charge in [-0.15, -0.1) is 0 Å². The van der Waals surface area contributed by atoms with Crippen molar-refractivity contribution >= 4 is 11.8 Å². The molecule has 1 aromatic rings. The van der Waals surface area contributed by atoms with E-state index in [1.54, 1.807) is 13.2 Å². The fraction of sp³-hybridized carbons (Fsp3) is 0.579. The van der Waals surface area contributed by atoms with Crippen LogP contribution in [-0.2, 0) is 16.0 Å². The number of benzene rings is 1. The number of nitrogens with one attached hydrogen (secondary N) is 1. The Labute approximate surface area is 162 Å². The van der Waals surface area contributed by atoms with E-state index in [-0.39, 0.29) is 31.5 Å². The number of alkyl halides is 3. The van der Waals surface area contributed by atoms with E-state index in [2.05, 4.69) is 5.32 Å². The van der Waals surface area contributed by atoms with E-state index < -0.39 is 12.1 Å². The molecule has 0 aromatic heterocycles. The van der Waals surface area contributed by atoms with Gasteiger partial charge in [-0.25, -0.2) is 0 Å². The molecule has 0 bridgehead atoms. The van der Waals surface area contributed by atoms with Crippen molar-refractivity contribution in [2.24, 2.45) is 0 Å². The summed E-state index contributed by atoms with van der Waals surface area (Å²) in [6.45, 7) is 2.37. The Kier molecular flexibility index (Phi) is 7.53. The van der Waals surface area contributed by atoms with Crippen molar-refractivity contribution < 1.29 is 32.2 Å². The van der Waals surface area contributed by atoms with Crippen LogP contribution in [0.25, 0.3) is 0 Å². The Morgan fingerprint density at radius 3 is 2.46 bits per heavy atom. The minimum atomic E-state index is -4.85. The smallest absolute Gasteiger partial charge is 0.471 e. The van der Waals surface area contributed by atoms with E-state index in [0.29, 0.717) is 37.4 Å². The SMILES string of the molecule is CCOc1ccc(CCC(=O)NC2CCN(C(=O)C(F)(F)F)CC2)cc1OC. The lowest BCUT2D eigenvalue weighted by molar-refractivity contribution is -0.186. The number of hydrogen-bond donors (Lipinski definition) is 1. The molecule has 1 aromatic carbocycles. The third-order valence-corrected chi connectivity index (χ3v) is 4.56.